The van der Waals surface area contributed by atoms with Gasteiger partial charge in [-0.15, -0.1) is 12.4 Å². The zero-order valence-corrected chi connectivity index (χ0v) is 12.1. The highest BCUT2D eigenvalue weighted by Crippen LogP contribution is 2.38. The number of aromatic hydroxyl groups is 1. The third-order valence-corrected chi connectivity index (χ3v) is 3.05. The number of nitrogens with two attached hydrogens (primary N) is 1. The normalized spacial score (nSPS) is 12.0. The summed E-state index contributed by atoms with van der Waals surface area (Å²) in [6, 6.07) is 2.91. The number of esters is 1. The predicted octanol–water partition coefficient (Wildman–Crippen LogP) is 2.02. The maximum absolute atomic E-state index is 13.5. The number of phenols is 1. The van der Waals surface area contributed by atoms with Gasteiger partial charge in [0.1, 0.15) is 0 Å². The Morgan fingerprint density at radius 2 is 2.10 bits per heavy atom. The Balaban J connectivity index is 0.00000361. The molecule has 5 nitrogen and oxygen atoms in total. The van der Waals surface area contributed by atoms with E-state index in [1.807, 2.05) is 0 Å². The molecule has 0 aromatic heterocycles. The van der Waals surface area contributed by atoms with Crippen molar-refractivity contribution in [2.45, 2.75) is 19.9 Å². The second-order valence-electron chi connectivity index (χ2n) is 4.70. The molecule has 0 saturated carbocycles. The van der Waals surface area contributed by atoms with Gasteiger partial charge in [-0.25, -0.2) is 4.39 Å². The number of halogens is 2. The number of hydrogen-bond donors (Lipinski definition) is 2. The summed E-state index contributed by atoms with van der Waals surface area (Å²) in [7, 11) is 1.21. The average molecular weight is 303 g/mol. The summed E-state index contributed by atoms with van der Waals surface area (Å²) >= 11 is 0. The fourth-order valence-corrected chi connectivity index (χ4v) is 1.70. The minimum absolute atomic E-state index is 0. The van der Waals surface area contributed by atoms with Crippen molar-refractivity contribution in [3.05, 3.63) is 29.1 Å². The van der Waals surface area contributed by atoms with Gasteiger partial charge in [0, 0.05) is 11.6 Å². The van der Waals surface area contributed by atoms with Crippen LogP contribution in [-0.2, 0) is 9.53 Å². The van der Waals surface area contributed by atoms with Crippen molar-refractivity contribution >= 4 is 18.4 Å². The number of nitrogens with zero attached hydrogens (tertiary/aromatic N) is 1. The van der Waals surface area contributed by atoms with Crippen LogP contribution in [0.1, 0.15) is 31.0 Å². The maximum atomic E-state index is 13.5. The molecule has 1 atom stereocenters. The van der Waals surface area contributed by atoms with Gasteiger partial charge in [0.15, 0.2) is 11.6 Å². The first kappa shape index (κ1) is 18.2. The maximum Gasteiger partial charge on any atom is 0.313 e. The lowest BCUT2D eigenvalue weighted by Crippen LogP contribution is -2.37. The average Bonchev–Trinajstić information content (AvgIpc) is 2.39. The number of phenolic OH excluding ortho intramolecular Hbond substituents is 1. The van der Waals surface area contributed by atoms with E-state index >= 15 is 0 Å². The minimum atomic E-state index is -1.17. The summed E-state index contributed by atoms with van der Waals surface area (Å²) in [5.74, 6) is -2.21. The number of carbonyl (C=O) groups is 1. The molecule has 0 aliphatic rings. The van der Waals surface area contributed by atoms with Crippen molar-refractivity contribution in [3.8, 4) is 11.8 Å². The van der Waals surface area contributed by atoms with Gasteiger partial charge >= 0.3 is 5.97 Å². The van der Waals surface area contributed by atoms with Crippen molar-refractivity contribution < 1.29 is 19.0 Å². The lowest BCUT2D eigenvalue weighted by molar-refractivity contribution is -0.152. The number of ether oxygens (including phenoxy) is 1. The van der Waals surface area contributed by atoms with Crippen LogP contribution in [0.25, 0.3) is 0 Å². The van der Waals surface area contributed by atoms with Gasteiger partial charge in [0.2, 0.25) is 0 Å². The van der Waals surface area contributed by atoms with Crippen LogP contribution in [0.5, 0.6) is 5.75 Å². The molecule has 7 heteroatoms. The first-order valence-electron chi connectivity index (χ1n) is 5.52. The molecule has 20 heavy (non-hydrogen) atoms. The van der Waals surface area contributed by atoms with Crippen molar-refractivity contribution in [1.29, 1.82) is 5.26 Å². The van der Waals surface area contributed by atoms with E-state index in [1.165, 1.54) is 27.0 Å². The molecule has 110 valence electrons. The van der Waals surface area contributed by atoms with E-state index < -0.39 is 29.0 Å². The largest absolute Gasteiger partial charge is 0.505 e. The van der Waals surface area contributed by atoms with Gasteiger partial charge in [0.05, 0.1) is 24.2 Å². The molecule has 0 radical (unpaired) electrons. The zero-order chi connectivity index (χ0) is 14.8. The summed E-state index contributed by atoms with van der Waals surface area (Å²) in [4.78, 5) is 11.7. The van der Waals surface area contributed by atoms with Gasteiger partial charge in [-0.05, 0) is 26.0 Å². The van der Waals surface area contributed by atoms with Crippen LogP contribution in [0.15, 0.2) is 12.1 Å². The van der Waals surface area contributed by atoms with Gasteiger partial charge < -0.3 is 15.6 Å². The number of hydrogen-bond acceptors (Lipinski definition) is 5. The van der Waals surface area contributed by atoms with Crippen LogP contribution < -0.4 is 5.73 Å². The molecule has 0 unspecified atom stereocenters. The fraction of sp³-hybridized carbons (Fsp3) is 0.385. The number of methoxy groups -OCH3 is 1. The Hall–Kier alpha value is -1.84. The molecule has 0 bridgehead atoms. The van der Waals surface area contributed by atoms with Crippen LogP contribution >= 0.6 is 12.4 Å². The Labute approximate surface area is 122 Å². The summed E-state index contributed by atoms with van der Waals surface area (Å²) in [5.41, 5.74) is 4.74. The highest BCUT2D eigenvalue weighted by atomic mass is 35.5. The van der Waals surface area contributed by atoms with Gasteiger partial charge in [-0.3, -0.25) is 4.79 Å². The van der Waals surface area contributed by atoms with Crippen molar-refractivity contribution in [3.63, 3.8) is 0 Å². The number of carbonyl (C=O) groups excluding carboxylic acids is 1. The second kappa shape index (κ2) is 6.55. The van der Waals surface area contributed by atoms with Crippen molar-refractivity contribution in [2.75, 3.05) is 7.11 Å². The van der Waals surface area contributed by atoms with Crippen LogP contribution in [0.2, 0.25) is 0 Å². The zero-order valence-electron chi connectivity index (χ0n) is 11.3. The van der Waals surface area contributed by atoms with Crippen molar-refractivity contribution in [1.82, 2.24) is 0 Å². The number of nitriles is 1. The molecule has 1 rings (SSSR count). The minimum Gasteiger partial charge on any atom is -0.505 e. The molecule has 0 saturated heterocycles. The van der Waals surface area contributed by atoms with E-state index in [-0.39, 0.29) is 23.5 Å². The van der Waals surface area contributed by atoms with E-state index in [4.69, 9.17) is 11.0 Å². The van der Waals surface area contributed by atoms with E-state index in [0.717, 1.165) is 6.07 Å². The SMILES string of the molecule is COC(=O)C(C)(C)[C@@H](N)c1cc(C#N)cc(F)c1O.Cl. The molecular weight excluding hydrogens is 287 g/mol. The molecule has 3 N–H and O–H groups in total. The summed E-state index contributed by atoms with van der Waals surface area (Å²) in [6.07, 6.45) is 0. The second-order valence-corrected chi connectivity index (χ2v) is 4.70. The summed E-state index contributed by atoms with van der Waals surface area (Å²) in [6.45, 7) is 3.03. The predicted molar refractivity (Wildman–Crippen MR) is 72.8 cm³/mol. The molecular formula is C13H16ClFN2O3. The molecule has 0 heterocycles. The van der Waals surface area contributed by atoms with Crippen LogP contribution in [0.3, 0.4) is 0 Å². The number of rotatable bonds is 3. The highest BCUT2D eigenvalue weighted by molar-refractivity contribution is 5.85. The Kier molecular flexibility index (Phi) is 5.95. The van der Waals surface area contributed by atoms with Gasteiger partial charge in [-0.2, -0.15) is 5.26 Å². The standard InChI is InChI=1S/C13H15FN2O3.ClH/c1-13(2,12(18)19-3)11(16)8-4-7(6-15)5-9(14)10(8)17;/h4-5,11,17H,16H2,1-3H3;1H/t11-;/m0./s1. The Morgan fingerprint density at radius 3 is 2.55 bits per heavy atom. The third-order valence-electron chi connectivity index (χ3n) is 3.05. The first-order chi connectivity index (χ1) is 8.75. The first-order valence-corrected chi connectivity index (χ1v) is 5.52. The van der Waals surface area contributed by atoms with Crippen LogP contribution in [0, 0.1) is 22.6 Å². The quantitative estimate of drug-likeness (QED) is 0.833. The Morgan fingerprint density at radius 1 is 1.55 bits per heavy atom. The number of benzene rings is 1. The topological polar surface area (TPSA) is 96.3 Å². The molecule has 1 aromatic carbocycles. The summed E-state index contributed by atoms with van der Waals surface area (Å²) < 4.78 is 18.1. The van der Waals surface area contributed by atoms with E-state index in [1.54, 1.807) is 6.07 Å². The smallest absolute Gasteiger partial charge is 0.313 e. The third kappa shape index (κ3) is 3.18. The van der Waals surface area contributed by atoms with E-state index in [2.05, 4.69) is 4.74 Å². The van der Waals surface area contributed by atoms with Gasteiger partial charge in [0.25, 0.3) is 0 Å². The fourth-order valence-electron chi connectivity index (χ4n) is 1.70. The van der Waals surface area contributed by atoms with Crippen LogP contribution in [0.4, 0.5) is 4.39 Å². The summed E-state index contributed by atoms with van der Waals surface area (Å²) in [5, 5.41) is 18.5. The van der Waals surface area contributed by atoms with E-state index in [9.17, 15) is 14.3 Å². The molecule has 0 spiro atoms. The Bertz CT molecular complexity index is 555. The molecule has 1 aromatic rings. The lowest BCUT2D eigenvalue weighted by atomic mass is 9.80. The molecule has 0 aliphatic heterocycles. The monoisotopic (exact) mass is 302 g/mol. The van der Waals surface area contributed by atoms with Crippen molar-refractivity contribution in [2.24, 2.45) is 11.1 Å². The molecule has 0 fully saturated rings. The van der Waals surface area contributed by atoms with Gasteiger partial charge in [-0.1, -0.05) is 0 Å². The highest BCUT2D eigenvalue weighted by Gasteiger charge is 2.38. The molecule has 0 aliphatic carbocycles. The van der Waals surface area contributed by atoms with E-state index in [0.29, 0.717) is 0 Å². The molecule has 0 amide bonds. The lowest BCUT2D eigenvalue weighted by Gasteiger charge is -2.29. The van der Waals surface area contributed by atoms with Crippen LogP contribution in [-0.4, -0.2) is 18.2 Å².